The summed E-state index contributed by atoms with van der Waals surface area (Å²) < 4.78 is 13.9. The molecular formula is C13H16BrFN2O. The molecule has 0 aromatic heterocycles. The monoisotopic (exact) mass is 314 g/mol. The van der Waals surface area contributed by atoms with Crippen molar-refractivity contribution in [2.75, 3.05) is 0 Å². The standard InChI is InChI=1S/C13H16BrFN2O/c14-11-5-4-9(15)6-8(11)7-17-13(18)10-2-1-3-12(10)16/h4-6,10,12H,1-3,7,16H2,(H,17,18). The average molecular weight is 315 g/mol. The highest BCUT2D eigenvalue weighted by molar-refractivity contribution is 9.10. The van der Waals surface area contributed by atoms with E-state index in [0.717, 1.165) is 29.3 Å². The summed E-state index contributed by atoms with van der Waals surface area (Å²) in [6.07, 6.45) is 2.75. The van der Waals surface area contributed by atoms with Crippen LogP contribution in [-0.2, 0) is 11.3 Å². The van der Waals surface area contributed by atoms with Crippen LogP contribution < -0.4 is 11.1 Å². The van der Waals surface area contributed by atoms with Crippen LogP contribution in [0.15, 0.2) is 22.7 Å². The highest BCUT2D eigenvalue weighted by Gasteiger charge is 2.29. The van der Waals surface area contributed by atoms with E-state index >= 15 is 0 Å². The molecule has 2 unspecified atom stereocenters. The molecule has 1 fully saturated rings. The fourth-order valence-corrected chi connectivity index (χ4v) is 2.69. The number of carbonyl (C=O) groups is 1. The Hall–Kier alpha value is -0.940. The zero-order chi connectivity index (χ0) is 13.1. The van der Waals surface area contributed by atoms with Gasteiger partial charge in [0.25, 0.3) is 0 Å². The van der Waals surface area contributed by atoms with Crippen molar-refractivity contribution in [2.24, 2.45) is 11.7 Å². The number of carbonyl (C=O) groups excluding carboxylic acids is 1. The number of nitrogens with one attached hydrogen (secondary N) is 1. The molecule has 1 aromatic carbocycles. The molecule has 1 aliphatic carbocycles. The van der Waals surface area contributed by atoms with Crippen LogP contribution in [-0.4, -0.2) is 11.9 Å². The summed E-state index contributed by atoms with van der Waals surface area (Å²) in [5.74, 6) is -0.437. The highest BCUT2D eigenvalue weighted by atomic mass is 79.9. The number of rotatable bonds is 3. The van der Waals surface area contributed by atoms with Crippen LogP contribution in [0, 0.1) is 11.7 Å². The van der Waals surface area contributed by atoms with Gasteiger partial charge in [-0.25, -0.2) is 4.39 Å². The Morgan fingerprint density at radius 3 is 2.94 bits per heavy atom. The van der Waals surface area contributed by atoms with Gasteiger partial charge in [-0.3, -0.25) is 4.79 Å². The van der Waals surface area contributed by atoms with Gasteiger partial charge in [-0.1, -0.05) is 22.4 Å². The Bertz CT molecular complexity index is 453. The predicted molar refractivity (Wildman–Crippen MR) is 71.3 cm³/mol. The SMILES string of the molecule is NC1CCCC1C(=O)NCc1cc(F)ccc1Br. The van der Waals surface area contributed by atoms with E-state index in [2.05, 4.69) is 21.2 Å². The van der Waals surface area contributed by atoms with Crippen molar-refractivity contribution in [3.8, 4) is 0 Å². The summed E-state index contributed by atoms with van der Waals surface area (Å²) in [4.78, 5) is 11.9. The minimum absolute atomic E-state index is 0.0313. The van der Waals surface area contributed by atoms with E-state index in [-0.39, 0.29) is 23.7 Å². The molecule has 0 saturated heterocycles. The maximum Gasteiger partial charge on any atom is 0.224 e. The molecule has 2 rings (SSSR count). The summed E-state index contributed by atoms with van der Waals surface area (Å²) in [6.45, 7) is 0.320. The first-order valence-corrected chi connectivity index (χ1v) is 6.84. The van der Waals surface area contributed by atoms with E-state index in [0.29, 0.717) is 6.54 Å². The third-order valence-corrected chi connectivity index (χ3v) is 4.14. The number of nitrogens with two attached hydrogens (primary N) is 1. The fraction of sp³-hybridized carbons (Fsp3) is 0.462. The Balaban J connectivity index is 1.95. The zero-order valence-corrected chi connectivity index (χ0v) is 11.5. The van der Waals surface area contributed by atoms with Gasteiger partial charge in [0.2, 0.25) is 5.91 Å². The van der Waals surface area contributed by atoms with Crippen molar-refractivity contribution in [3.63, 3.8) is 0 Å². The average Bonchev–Trinajstić information content (AvgIpc) is 2.76. The van der Waals surface area contributed by atoms with Crippen LogP contribution in [0.2, 0.25) is 0 Å². The smallest absolute Gasteiger partial charge is 0.224 e. The number of benzene rings is 1. The van der Waals surface area contributed by atoms with Crippen molar-refractivity contribution in [2.45, 2.75) is 31.8 Å². The molecule has 3 N–H and O–H groups in total. The number of halogens is 2. The molecule has 1 amide bonds. The van der Waals surface area contributed by atoms with Gasteiger partial charge >= 0.3 is 0 Å². The molecule has 0 spiro atoms. The second-order valence-corrected chi connectivity index (χ2v) is 5.51. The van der Waals surface area contributed by atoms with Gasteiger partial charge in [0.1, 0.15) is 5.82 Å². The first-order chi connectivity index (χ1) is 8.58. The van der Waals surface area contributed by atoms with Gasteiger partial charge in [0.05, 0.1) is 5.92 Å². The lowest BCUT2D eigenvalue weighted by atomic mass is 10.0. The highest BCUT2D eigenvalue weighted by Crippen LogP contribution is 2.24. The second-order valence-electron chi connectivity index (χ2n) is 4.65. The molecule has 0 radical (unpaired) electrons. The van der Waals surface area contributed by atoms with E-state index in [1.807, 2.05) is 0 Å². The first-order valence-electron chi connectivity index (χ1n) is 6.05. The van der Waals surface area contributed by atoms with Crippen molar-refractivity contribution in [3.05, 3.63) is 34.1 Å². The predicted octanol–water partition coefficient (Wildman–Crippen LogP) is 2.33. The maximum absolute atomic E-state index is 13.1. The molecule has 3 nitrogen and oxygen atoms in total. The fourth-order valence-electron chi connectivity index (χ4n) is 2.31. The first kappa shape index (κ1) is 13.5. The van der Waals surface area contributed by atoms with E-state index in [4.69, 9.17) is 5.73 Å². The third kappa shape index (κ3) is 3.09. The van der Waals surface area contributed by atoms with Crippen LogP contribution in [0.4, 0.5) is 4.39 Å². The van der Waals surface area contributed by atoms with E-state index in [9.17, 15) is 9.18 Å². The topological polar surface area (TPSA) is 55.1 Å². The van der Waals surface area contributed by atoms with Crippen LogP contribution in [0.5, 0.6) is 0 Å². The van der Waals surface area contributed by atoms with Gasteiger partial charge in [0.15, 0.2) is 0 Å². The number of hydrogen-bond donors (Lipinski definition) is 2. The van der Waals surface area contributed by atoms with Gasteiger partial charge < -0.3 is 11.1 Å². The lowest BCUT2D eigenvalue weighted by molar-refractivity contribution is -0.125. The third-order valence-electron chi connectivity index (χ3n) is 3.37. The Labute approximate surface area is 114 Å². The molecule has 0 bridgehead atoms. The summed E-state index contributed by atoms with van der Waals surface area (Å²) >= 11 is 3.33. The molecule has 1 saturated carbocycles. The summed E-state index contributed by atoms with van der Waals surface area (Å²) in [5, 5.41) is 2.82. The Kier molecular flexibility index (Phi) is 4.35. The van der Waals surface area contributed by atoms with Gasteiger partial charge in [0, 0.05) is 17.1 Å². The van der Waals surface area contributed by atoms with Crippen molar-refractivity contribution < 1.29 is 9.18 Å². The molecule has 0 heterocycles. The largest absolute Gasteiger partial charge is 0.352 e. The van der Waals surface area contributed by atoms with Gasteiger partial charge in [-0.15, -0.1) is 0 Å². The van der Waals surface area contributed by atoms with Gasteiger partial charge in [-0.05, 0) is 36.6 Å². The van der Waals surface area contributed by atoms with Crippen LogP contribution in [0.3, 0.4) is 0 Å². The van der Waals surface area contributed by atoms with Crippen molar-refractivity contribution in [1.29, 1.82) is 0 Å². The normalized spacial score (nSPS) is 23.1. The molecule has 1 aliphatic rings. The summed E-state index contributed by atoms with van der Waals surface area (Å²) in [7, 11) is 0. The molecule has 98 valence electrons. The second kappa shape index (κ2) is 5.80. The van der Waals surface area contributed by atoms with Crippen LogP contribution in [0.25, 0.3) is 0 Å². The molecule has 2 atom stereocenters. The molecule has 18 heavy (non-hydrogen) atoms. The lowest BCUT2D eigenvalue weighted by Gasteiger charge is -2.15. The number of amides is 1. The minimum atomic E-state index is -0.306. The van der Waals surface area contributed by atoms with Crippen LogP contribution >= 0.6 is 15.9 Å². The van der Waals surface area contributed by atoms with E-state index in [1.165, 1.54) is 12.1 Å². The molecular weight excluding hydrogens is 299 g/mol. The minimum Gasteiger partial charge on any atom is -0.352 e. The van der Waals surface area contributed by atoms with Crippen molar-refractivity contribution in [1.82, 2.24) is 5.32 Å². The van der Waals surface area contributed by atoms with E-state index < -0.39 is 0 Å². The summed E-state index contributed by atoms with van der Waals surface area (Å²) in [5.41, 5.74) is 6.60. The molecule has 0 aliphatic heterocycles. The summed E-state index contributed by atoms with van der Waals surface area (Å²) in [6, 6.07) is 4.39. The maximum atomic E-state index is 13.1. The molecule has 1 aromatic rings. The quantitative estimate of drug-likeness (QED) is 0.899. The van der Waals surface area contributed by atoms with E-state index in [1.54, 1.807) is 6.07 Å². The Morgan fingerprint density at radius 1 is 1.50 bits per heavy atom. The lowest BCUT2D eigenvalue weighted by Crippen LogP contribution is -2.38. The van der Waals surface area contributed by atoms with Crippen LogP contribution in [0.1, 0.15) is 24.8 Å². The number of hydrogen-bond acceptors (Lipinski definition) is 2. The van der Waals surface area contributed by atoms with Gasteiger partial charge in [-0.2, -0.15) is 0 Å². The van der Waals surface area contributed by atoms with Crippen molar-refractivity contribution >= 4 is 21.8 Å². The zero-order valence-electron chi connectivity index (χ0n) is 9.96. The molecule has 5 heteroatoms. The Morgan fingerprint density at radius 2 is 2.28 bits per heavy atom.